The Balaban J connectivity index is 1.10. The van der Waals surface area contributed by atoms with Crippen molar-refractivity contribution in [1.82, 2.24) is 4.57 Å². The first kappa shape index (κ1) is 37.3. The van der Waals surface area contributed by atoms with Gasteiger partial charge in [0.2, 0.25) is 0 Å². The summed E-state index contributed by atoms with van der Waals surface area (Å²) in [6, 6.07) is 92.8. The highest BCUT2D eigenvalue weighted by Gasteiger charge is 2.21. The molecule has 12 aromatic rings. The SMILES string of the molecule is c1ccc(-c2cc(-c3ccccc3)cc(N(c3ccc(-c4cccc5ccccc45)cc3)c3cccc(-c4cc5ccccc5c5c4c4ccccc4n5-c4ccccc4)c3)c2)cc1. The summed E-state index contributed by atoms with van der Waals surface area (Å²) >= 11 is 0. The Hall–Kier alpha value is -8.46. The summed E-state index contributed by atoms with van der Waals surface area (Å²) in [6.07, 6.45) is 0. The molecule has 0 aliphatic rings. The molecule has 0 saturated carbocycles. The maximum Gasteiger partial charge on any atom is 0.0625 e. The van der Waals surface area contributed by atoms with Crippen LogP contribution in [0, 0.1) is 0 Å². The van der Waals surface area contributed by atoms with Crippen LogP contribution in [0.3, 0.4) is 0 Å². The molecule has 0 atom stereocenters. The fraction of sp³-hybridized carbons (Fsp3) is 0. The minimum atomic E-state index is 1.08. The van der Waals surface area contributed by atoms with E-state index in [1.807, 2.05) is 0 Å². The van der Waals surface area contributed by atoms with Gasteiger partial charge in [-0.25, -0.2) is 0 Å². The van der Waals surface area contributed by atoms with Crippen molar-refractivity contribution in [2.45, 2.75) is 0 Å². The molecule has 0 fully saturated rings. The first-order chi connectivity index (χ1) is 31.7. The van der Waals surface area contributed by atoms with Gasteiger partial charge in [0.1, 0.15) is 0 Å². The molecule has 2 heteroatoms. The number of aromatic nitrogens is 1. The fourth-order valence-corrected chi connectivity index (χ4v) is 9.77. The monoisotopic (exact) mass is 814 g/mol. The zero-order valence-electron chi connectivity index (χ0n) is 35.1. The molecule has 300 valence electrons. The number of rotatable bonds is 8. The lowest BCUT2D eigenvalue weighted by Crippen LogP contribution is -2.10. The van der Waals surface area contributed by atoms with Crippen LogP contribution in [0.5, 0.6) is 0 Å². The average Bonchev–Trinajstić information content (AvgIpc) is 3.73. The van der Waals surface area contributed by atoms with Gasteiger partial charge in [-0.3, -0.25) is 0 Å². The summed E-state index contributed by atoms with van der Waals surface area (Å²) in [6.45, 7) is 0. The topological polar surface area (TPSA) is 8.17 Å². The summed E-state index contributed by atoms with van der Waals surface area (Å²) in [5.41, 5.74) is 16.2. The summed E-state index contributed by atoms with van der Waals surface area (Å²) in [5.74, 6) is 0. The van der Waals surface area contributed by atoms with Gasteiger partial charge in [0.25, 0.3) is 0 Å². The normalized spacial score (nSPS) is 11.4. The van der Waals surface area contributed by atoms with Crippen LogP contribution in [0.15, 0.2) is 255 Å². The Kier molecular flexibility index (Phi) is 9.20. The van der Waals surface area contributed by atoms with Gasteiger partial charge >= 0.3 is 0 Å². The maximum atomic E-state index is 2.45. The number of hydrogen-bond acceptors (Lipinski definition) is 1. The van der Waals surface area contributed by atoms with Crippen molar-refractivity contribution >= 4 is 60.4 Å². The predicted octanol–water partition coefficient (Wildman–Crippen LogP) is 17.2. The van der Waals surface area contributed by atoms with Gasteiger partial charge in [-0.15, -0.1) is 0 Å². The van der Waals surface area contributed by atoms with Gasteiger partial charge in [-0.1, -0.05) is 188 Å². The van der Waals surface area contributed by atoms with Crippen LogP contribution in [0.25, 0.3) is 93.5 Å². The van der Waals surface area contributed by atoms with E-state index in [1.165, 1.54) is 71.2 Å². The van der Waals surface area contributed by atoms with Crippen molar-refractivity contribution in [2.75, 3.05) is 4.90 Å². The second-order valence-electron chi connectivity index (χ2n) is 16.5. The molecule has 0 radical (unpaired) electrons. The van der Waals surface area contributed by atoms with Crippen LogP contribution in [-0.4, -0.2) is 4.57 Å². The molecule has 0 bridgehead atoms. The molecule has 0 saturated heterocycles. The smallest absolute Gasteiger partial charge is 0.0625 e. The minimum Gasteiger partial charge on any atom is -0.310 e. The van der Waals surface area contributed by atoms with Crippen LogP contribution >= 0.6 is 0 Å². The van der Waals surface area contributed by atoms with Gasteiger partial charge in [-0.2, -0.15) is 0 Å². The van der Waals surface area contributed by atoms with Crippen molar-refractivity contribution in [2.24, 2.45) is 0 Å². The highest BCUT2D eigenvalue weighted by atomic mass is 15.1. The van der Waals surface area contributed by atoms with Crippen LogP contribution in [0.1, 0.15) is 0 Å². The van der Waals surface area contributed by atoms with Crippen LogP contribution in [-0.2, 0) is 0 Å². The molecule has 0 N–H and O–H groups in total. The average molecular weight is 815 g/mol. The fourth-order valence-electron chi connectivity index (χ4n) is 9.77. The summed E-state index contributed by atoms with van der Waals surface area (Å²) in [4.78, 5) is 2.43. The number of para-hydroxylation sites is 2. The molecule has 0 spiro atoms. The van der Waals surface area contributed by atoms with E-state index in [0.29, 0.717) is 0 Å². The Morgan fingerprint density at radius 1 is 0.281 bits per heavy atom. The Morgan fingerprint density at radius 2 is 0.828 bits per heavy atom. The molecule has 0 aliphatic carbocycles. The lowest BCUT2D eigenvalue weighted by atomic mass is 9.94. The van der Waals surface area contributed by atoms with Crippen LogP contribution < -0.4 is 4.90 Å². The number of fused-ring (bicyclic) bond motifs is 6. The number of anilines is 3. The number of hydrogen-bond donors (Lipinski definition) is 0. The molecule has 64 heavy (non-hydrogen) atoms. The third-order valence-corrected chi connectivity index (χ3v) is 12.7. The molecular weight excluding hydrogens is 773 g/mol. The summed E-state index contributed by atoms with van der Waals surface area (Å²) in [7, 11) is 0. The molecule has 0 amide bonds. The molecular formula is C62H42N2. The maximum absolute atomic E-state index is 2.45. The van der Waals surface area contributed by atoms with Crippen molar-refractivity contribution < 1.29 is 0 Å². The van der Waals surface area contributed by atoms with Gasteiger partial charge in [-0.05, 0) is 127 Å². The van der Waals surface area contributed by atoms with E-state index in [0.717, 1.165) is 39.4 Å². The first-order valence-electron chi connectivity index (χ1n) is 22.0. The van der Waals surface area contributed by atoms with Gasteiger partial charge in [0, 0.05) is 38.9 Å². The van der Waals surface area contributed by atoms with Crippen LogP contribution in [0.4, 0.5) is 17.1 Å². The van der Waals surface area contributed by atoms with Crippen LogP contribution in [0.2, 0.25) is 0 Å². The highest BCUT2D eigenvalue weighted by molar-refractivity contribution is 6.24. The van der Waals surface area contributed by atoms with Gasteiger partial charge in [0.05, 0.1) is 11.0 Å². The lowest BCUT2D eigenvalue weighted by Gasteiger charge is -2.28. The van der Waals surface area contributed by atoms with Crippen molar-refractivity contribution in [1.29, 1.82) is 0 Å². The molecule has 2 nitrogen and oxygen atoms in total. The second-order valence-corrected chi connectivity index (χ2v) is 16.5. The van der Waals surface area contributed by atoms with E-state index in [1.54, 1.807) is 0 Å². The number of nitrogens with zero attached hydrogens (tertiary/aromatic N) is 2. The summed E-state index contributed by atoms with van der Waals surface area (Å²) in [5, 5.41) is 7.41. The van der Waals surface area contributed by atoms with Crippen molar-refractivity contribution in [3.05, 3.63) is 255 Å². The zero-order valence-corrected chi connectivity index (χ0v) is 35.1. The van der Waals surface area contributed by atoms with E-state index in [-0.39, 0.29) is 0 Å². The Bertz CT molecular complexity index is 3580. The largest absolute Gasteiger partial charge is 0.310 e. The molecule has 0 unspecified atom stereocenters. The Morgan fingerprint density at radius 3 is 1.55 bits per heavy atom. The minimum absolute atomic E-state index is 1.08. The second kappa shape index (κ2) is 15.8. The summed E-state index contributed by atoms with van der Waals surface area (Å²) < 4.78 is 2.45. The van der Waals surface area contributed by atoms with E-state index < -0.39 is 0 Å². The molecule has 0 aliphatic heterocycles. The molecule has 11 aromatic carbocycles. The van der Waals surface area contributed by atoms with Gasteiger partial charge in [0.15, 0.2) is 0 Å². The molecule has 1 heterocycles. The van der Waals surface area contributed by atoms with E-state index >= 15 is 0 Å². The quantitative estimate of drug-likeness (QED) is 0.148. The van der Waals surface area contributed by atoms with E-state index in [2.05, 4.69) is 264 Å². The Labute approximate surface area is 373 Å². The zero-order chi connectivity index (χ0) is 42.4. The first-order valence-corrected chi connectivity index (χ1v) is 22.0. The van der Waals surface area contributed by atoms with Gasteiger partial charge < -0.3 is 9.47 Å². The van der Waals surface area contributed by atoms with E-state index in [9.17, 15) is 0 Å². The molecule has 12 rings (SSSR count). The predicted molar refractivity (Wildman–Crippen MR) is 272 cm³/mol. The third-order valence-electron chi connectivity index (χ3n) is 12.7. The standard InChI is InChI=1S/C62H42N2/c1-4-18-43(19-5-1)49-38-50(44-20-6-2-7-21-44)41-54(40-49)63(52-36-34-46(35-37-52)56-32-17-24-45-22-10-12-29-55(45)56)53-28-16-25-47(39-53)59-42-48-23-11-13-30-57(48)62-61(59)58-31-14-15-33-60(58)64(62)51-26-8-3-9-27-51/h1-42H. The lowest BCUT2D eigenvalue weighted by molar-refractivity contribution is 1.19. The third kappa shape index (κ3) is 6.52. The van der Waals surface area contributed by atoms with Crippen molar-refractivity contribution in [3.8, 4) is 50.2 Å². The van der Waals surface area contributed by atoms with E-state index in [4.69, 9.17) is 0 Å². The van der Waals surface area contributed by atoms with Crippen molar-refractivity contribution in [3.63, 3.8) is 0 Å². The number of benzene rings is 11. The molecule has 1 aromatic heterocycles. The highest BCUT2D eigenvalue weighted by Crippen LogP contribution is 2.46.